The summed E-state index contributed by atoms with van der Waals surface area (Å²) in [6.45, 7) is 4.20. The van der Waals surface area contributed by atoms with Crippen molar-refractivity contribution in [2.75, 3.05) is 27.7 Å². The maximum atomic E-state index is 10.9. The maximum Gasteiger partial charge on any atom is 0.220 e. The minimum absolute atomic E-state index is 0.00236. The molecular weight excluding hydrogens is 164 g/mol. The zero-order chi connectivity index (χ0) is 10.4. The summed E-state index contributed by atoms with van der Waals surface area (Å²) in [5.41, 5.74) is 0. The van der Waals surface area contributed by atoms with Crippen molar-refractivity contribution >= 4 is 5.91 Å². The summed E-state index contributed by atoms with van der Waals surface area (Å²) in [5, 5.41) is 0. The zero-order valence-corrected chi connectivity index (χ0v) is 9.09. The monoisotopic (exact) mass is 182 g/mol. The first-order chi connectivity index (χ1) is 5.95. The van der Waals surface area contributed by atoms with Gasteiger partial charge in [-0.15, -0.1) is 0 Å². The van der Waals surface area contributed by atoms with Gasteiger partial charge in [-0.2, -0.15) is 0 Å². The number of rotatable bonds is 2. The Balaban J connectivity index is 4.03. The Morgan fingerprint density at radius 2 is 1.92 bits per heavy atom. The molecule has 13 heavy (non-hydrogen) atoms. The first kappa shape index (κ1) is 12.0. The molecule has 74 valence electrons. The molecule has 0 rings (SSSR count). The quantitative estimate of drug-likeness (QED) is 0.578. The van der Waals surface area contributed by atoms with E-state index in [-0.39, 0.29) is 11.9 Å². The number of carbonyl (C=O) groups excluding carboxylic acids is 1. The fourth-order valence-corrected chi connectivity index (χ4v) is 0.721. The van der Waals surface area contributed by atoms with Crippen molar-refractivity contribution in [1.29, 1.82) is 0 Å². The van der Waals surface area contributed by atoms with Crippen LogP contribution in [0.1, 0.15) is 13.8 Å². The summed E-state index contributed by atoms with van der Waals surface area (Å²) < 4.78 is 0. The van der Waals surface area contributed by atoms with Gasteiger partial charge < -0.3 is 4.90 Å². The average molecular weight is 182 g/mol. The fourth-order valence-electron chi connectivity index (χ4n) is 0.721. The van der Waals surface area contributed by atoms with Crippen LogP contribution in [0.25, 0.3) is 0 Å². The third-order valence-electron chi connectivity index (χ3n) is 1.78. The van der Waals surface area contributed by atoms with E-state index in [2.05, 4.69) is 11.8 Å². The molecule has 0 aromatic heterocycles. The summed E-state index contributed by atoms with van der Waals surface area (Å²) in [4.78, 5) is 14.6. The summed E-state index contributed by atoms with van der Waals surface area (Å²) in [5.74, 6) is 6.06. The molecule has 0 spiro atoms. The first-order valence-corrected chi connectivity index (χ1v) is 4.31. The van der Waals surface area contributed by atoms with Gasteiger partial charge in [0.15, 0.2) is 0 Å². The molecule has 3 heteroatoms. The van der Waals surface area contributed by atoms with Gasteiger partial charge in [0.05, 0.1) is 12.6 Å². The normalized spacial score (nSPS) is 11.8. The minimum Gasteiger partial charge on any atom is -0.332 e. The Labute approximate surface area is 80.7 Å². The van der Waals surface area contributed by atoms with Crippen LogP contribution in [0.5, 0.6) is 0 Å². The number of hydrogen-bond donors (Lipinski definition) is 0. The summed E-state index contributed by atoms with van der Waals surface area (Å²) in [6.07, 6.45) is 0. The van der Waals surface area contributed by atoms with Gasteiger partial charge in [-0.3, -0.25) is 9.69 Å². The van der Waals surface area contributed by atoms with Crippen molar-refractivity contribution in [2.24, 2.45) is 0 Å². The Morgan fingerprint density at radius 1 is 1.38 bits per heavy atom. The van der Waals surface area contributed by atoms with Gasteiger partial charge in [0.25, 0.3) is 0 Å². The van der Waals surface area contributed by atoms with Crippen molar-refractivity contribution in [1.82, 2.24) is 9.80 Å². The molecule has 3 nitrogen and oxygen atoms in total. The molecule has 0 bridgehead atoms. The van der Waals surface area contributed by atoms with Crippen LogP contribution in [0.4, 0.5) is 0 Å². The van der Waals surface area contributed by atoms with Gasteiger partial charge in [-0.1, -0.05) is 11.8 Å². The van der Waals surface area contributed by atoms with Gasteiger partial charge in [0, 0.05) is 14.0 Å². The smallest absolute Gasteiger partial charge is 0.220 e. The predicted octanol–water partition coefficient (Wildman–Crippen LogP) is 0.418. The Bertz CT molecular complexity index is 225. The SMILES string of the molecule is CC(=O)N(C)C(C)C#CCN(C)C. The molecule has 0 saturated carbocycles. The molecule has 0 heterocycles. The van der Waals surface area contributed by atoms with Crippen LogP contribution in [-0.4, -0.2) is 49.4 Å². The molecule has 0 aromatic carbocycles. The van der Waals surface area contributed by atoms with Crippen molar-refractivity contribution in [2.45, 2.75) is 19.9 Å². The van der Waals surface area contributed by atoms with Crippen molar-refractivity contribution < 1.29 is 4.79 Å². The highest BCUT2D eigenvalue weighted by Crippen LogP contribution is 1.93. The number of hydrogen-bond acceptors (Lipinski definition) is 2. The second-order valence-electron chi connectivity index (χ2n) is 3.36. The Kier molecular flexibility index (Phi) is 5.17. The van der Waals surface area contributed by atoms with Gasteiger partial charge in [-0.05, 0) is 21.0 Å². The highest BCUT2D eigenvalue weighted by Gasteiger charge is 2.07. The van der Waals surface area contributed by atoms with Gasteiger partial charge in [0.1, 0.15) is 0 Å². The molecule has 0 aliphatic heterocycles. The number of amides is 1. The lowest BCUT2D eigenvalue weighted by molar-refractivity contribution is -0.128. The summed E-state index contributed by atoms with van der Waals surface area (Å²) in [6, 6.07) is -0.00236. The van der Waals surface area contributed by atoms with Gasteiger partial charge in [0.2, 0.25) is 5.91 Å². The third kappa shape index (κ3) is 5.26. The van der Waals surface area contributed by atoms with Crippen molar-refractivity contribution in [3.8, 4) is 11.8 Å². The van der Waals surface area contributed by atoms with E-state index in [0.717, 1.165) is 6.54 Å². The lowest BCUT2D eigenvalue weighted by atomic mass is 10.3. The molecule has 0 N–H and O–H groups in total. The van der Waals surface area contributed by atoms with E-state index < -0.39 is 0 Å². The Morgan fingerprint density at radius 3 is 2.31 bits per heavy atom. The second kappa shape index (κ2) is 5.60. The molecule has 0 aliphatic carbocycles. The standard InChI is InChI=1S/C10H18N2O/c1-9(12(5)10(2)13)7-6-8-11(3)4/h9H,8H2,1-5H3. The third-order valence-corrected chi connectivity index (χ3v) is 1.78. The van der Waals surface area contributed by atoms with E-state index in [1.54, 1.807) is 18.9 Å². The molecule has 0 aromatic rings. The minimum atomic E-state index is -0.00236. The van der Waals surface area contributed by atoms with E-state index in [1.165, 1.54) is 0 Å². The summed E-state index contributed by atoms with van der Waals surface area (Å²) in [7, 11) is 5.69. The molecule has 0 saturated heterocycles. The van der Waals surface area contributed by atoms with E-state index in [0.29, 0.717) is 0 Å². The fraction of sp³-hybridized carbons (Fsp3) is 0.700. The largest absolute Gasteiger partial charge is 0.332 e. The Hall–Kier alpha value is -1.01. The molecular formula is C10H18N2O. The van der Waals surface area contributed by atoms with E-state index >= 15 is 0 Å². The van der Waals surface area contributed by atoms with Crippen molar-refractivity contribution in [3.05, 3.63) is 0 Å². The van der Waals surface area contributed by atoms with Crippen LogP contribution in [0.15, 0.2) is 0 Å². The molecule has 1 amide bonds. The topological polar surface area (TPSA) is 23.6 Å². The highest BCUT2D eigenvalue weighted by molar-refractivity contribution is 5.73. The molecule has 0 aliphatic rings. The zero-order valence-electron chi connectivity index (χ0n) is 9.09. The van der Waals surface area contributed by atoms with E-state index in [4.69, 9.17) is 0 Å². The first-order valence-electron chi connectivity index (χ1n) is 4.31. The van der Waals surface area contributed by atoms with Gasteiger partial charge in [-0.25, -0.2) is 0 Å². The lowest BCUT2D eigenvalue weighted by Gasteiger charge is -2.18. The van der Waals surface area contributed by atoms with E-state index in [1.807, 2.05) is 25.9 Å². The second-order valence-corrected chi connectivity index (χ2v) is 3.36. The van der Waals surface area contributed by atoms with Crippen LogP contribution >= 0.6 is 0 Å². The molecule has 0 fully saturated rings. The van der Waals surface area contributed by atoms with Crippen LogP contribution in [0.3, 0.4) is 0 Å². The average Bonchev–Trinajstić information content (AvgIpc) is 2.02. The number of nitrogens with zero attached hydrogens (tertiary/aromatic N) is 2. The van der Waals surface area contributed by atoms with Gasteiger partial charge >= 0.3 is 0 Å². The van der Waals surface area contributed by atoms with Crippen molar-refractivity contribution in [3.63, 3.8) is 0 Å². The van der Waals surface area contributed by atoms with Crippen LogP contribution in [0.2, 0.25) is 0 Å². The van der Waals surface area contributed by atoms with Crippen LogP contribution < -0.4 is 0 Å². The number of carbonyl (C=O) groups is 1. The lowest BCUT2D eigenvalue weighted by Crippen LogP contribution is -2.32. The summed E-state index contributed by atoms with van der Waals surface area (Å²) >= 11 is 0. The predicted molar refractivity (Wildman–Crippen MR) is 54.2 cm³/mol. The van der Waals surface area contributed by atoms with E-state index in [9.17, 15) is 4.79 Å². The maximum absolute atomic E-state index is 10.9. The molecule has 0 radical (unpaired) electrons. The van der Waals surface area contributed by atoms with Crippen LogP contribution in [-0.2, 0) is 4.79 Å². The molecule has 1 atom stereocenters. The van der Waals surface area contributed by atoms with Crippen LogP contribution in [0, 0.1) is 11.8 Å². The highest BCUT2D eigenvalue weighted by atomic mass is 16.2. The molecule has 1 unspecified atom stereocenters.